The zero-order valence-corrected chi connectivity index (χ0v) is 20.6. The average Bonchev–Trinajstić information content (AvgIpc) is 3.13. The summed E-state index contributed by atoms with van der Waals surface area (Å²) < 4.78 is 34.5. The van der Waals surface area contributed by atoms with Crippen LogP contribution in [0.25, 0.3) is 10.9 Å². The van der Waals surface area contributed by atoms with Gasteiger partial charge < -0.3 is 10.5 Å². The third-order valence-corrected chi connectivity index (χ3v) is 8.12. The molecule has 8 nitrogen and oxygen atoms in total. The third-order valence-electron chi connectivity index (χ3n) is 6.16. The summed E-state index contributed by atoms with van der Waals surface area (Å²) in [6.07, 6.45) is 1.47. The molecule has 5 rings (SSSR count). The van der Waals surface area contributed by atoms with Gasteiger partial charge in [-0.3, -0.25) is 14.6 Å². The summed E-state index contributed by atoms with van der Waals surface area (Å²) in [5.41, 5.74) is 4.07. The number of amides is 2. The van der Waals surface area contributed by atoms with E-state index in [1.165, 1.54) is 36.5 Å². The Hall–Kier alpha value is -3.95. The number of para-hydroxylation sites is 2. The van der Waals surface area contributed by atoms with Crippen LogP contribution in [0, 0.1) is 0 Å². The van der Waals surface area contributed by atoms with Crippen molar-refractivity contribution >= 4 is 50.0 Å². The van der Waals surface area contributed by atoms with E-state index in [0.29, 0.717) is 9.69 Å². The predicted molar refractivity (Wildman–Crippen MR) is 135 cm³/mol. The van der Waals surface area contributed by atoms with E-state index in [4.69, 9.17) is 22.1 Å². The van der Waals surface area contributed by atoms with E-state index in [9.17, 15) is 18.0 Å². The number of benzene rings is 3. The van der Waals surface area contributed by atoms with Crippen molar-refractivity contribution in [1.29, 1.82) is 0 Å². The smallest absolute Gasteiger partial charge is 0.273 e. The first-order valence-corrected chi connectivity index (χ1v) is 12.8. The molecular formula is C26H20ClN3O5S. The highest BCUT2D eigenvalue weighted by atomic mass is 35.5. The number of anilines is 1. The molecule has 1 aliphatic rings. The van der Waals surface area contributed by atoms with Gasteiger partial charge in [-0.15, -0.1) is 0 Å². The summed E-state index contributed by atoms with van der Waals surface area (Å²) in [5.74, 6) is -1.88. The Balaban J connectivity index is 1.84. The number of nitrogens with two attached hydrogens (primary N) is 1. The third kappa shape index (κ3) is 3.27. The lowest BCUT2D eigenvalue weighted by molar-refractivity contribution is -0.131. The molecule has 2 amide bonds. The largest absolute Gasteiger partial charge is 0.494 e. The fourth-order valence-electron chi connectivity index (χ4n) is 4.67. The molecule has 182 valence electrons. The Labute approximate surface area is 212 Å². The van der Waals surface area contributed by atoms with Crippen molar-refractivity contribution in [3.63, 3.8) is 0 Å². The molecule has 36 heavy (non-hydrogen) atoms. The molecule has 0 radical (unpaired) electrons. The van der Waals surface area contributed by atoms with E-state index in [0.717, 1.165) is 0 Å². The minimum Gasteiger partial charge on any atom is -0.494 e. The molecule has 10 heteroatoms. The first kappa shape index (κ1) is 23.8. The predicted octanol–water partition coefficient (Wildman–Crippen LogP) is 3.79. The van der Waals surface area contributed by atoms with E-state index in [1.807, 2.05) is 0 Å². The van der Waals surface area contributed by atoms with Gasteiger partial charge in [0.15, 0.2) is 5.41 Å². The van der Waals surface area contributed by atoms with Gasteiger partial charge in [0, 0.05) is 27.7 Å². The number of sulfonamides is 1. The summed E-state index contributed by atoms with van der Waals surface area (Å²) in [6.45, 7) is 1.99. The van der Waals surface area contributed by atoms with Gasteiger partial charge in [0.2, 0.25) is 5.91 Å². The molecule has 0 fully saturated rings. The minimum absolute atomic E-state index is 0.0255. The van der Waals surface area contributed by atoms with E-state index < -0.39 is 27.3 Å². The van der Waals surface area contributed by atoms with Crippen molar-refractivity contribution < 1.29 is 22.7 Å². The van der Waals surface area contributed by atoms with Crippen LogP contribution in [0.15, 0.2) is 83.9 Å². The lowest BCUT2D eigenvalue weighted by atomic mass is 9.74. The number of carbonyl (C=O) groups excluding carboxylic acids is 2. The van der Waals surface area contributed by atoms with Crippen molar-refractivity contribution in [2.75, 3.05) is 10.9 Å². The fourth-order valence-corrected chi connectivity index (χ4v) is 6.48. The highest BCUT2D eigenvalue weighted by molar-refractivity contribution is 7.93. The van der Waals surface area contributed by atoms with Gasteiger partial charge in [-0.05, 0) is 43.3 Å². The van der Waals surface area contributed by atoms with Crippen LogP contribution in [0.3, 0.4) is 0 Å². The summed E-state index contributed by atoms with van der Waals surface area (Å²) in [5, 5.41) is 0.775. The van der Waals surface area contributed by atoms with E-state index in [1.54, 1.807) is 49.4 Å². The van der Waals surface area contributed by atoms with Crippen molar-refractivity contribution in [1.82, 2.24) is 4.98 Å². The Morgan fingerprint density at radius 2 is 1.81 bits per heavy atom. The molecule has 1 aliphatic heterocycles. The number of ether oxygens (including phenoxy) is 1. The molecule has 2 heterocycles. The number of hydrogen-bond acceptors (Lipinski definition) is 6. The van der Waals surface area contributed by atoms with Crippen molar-refractivity contribution in [3.05, 3.63) is 95.1 Å². The zero-order valence-electron chi connectivity index (χ0n) is 19.0. The lowest BCUT2D eigenvalue weighted by Gasteiger charge is -2.27. The highest BCUT2D eigenvalue weighted by Crippen LogP contribution is 2.51. The van der Waals surface area contributed by atoms with Crippen molar-refractivity contribution in [2.45, 2.75) is 17.2 Å². The van der Waals surface area contributed by atoms with Gasteiger partial charge in [0.05, 0.1) is 17.8 Å². The Morgan fingerprint density at radius 3 is 2.56 bits per heavy atom. The van der Waals surface area contributed by atoms with E-state index >= 15 is 0 Å². The molecule has 2 N–H and O–H groups in total. The summed E-state index contributed by atoms with van der Waals surface area (Å²) in [7, 11) is -4.55. The number of hydrogen-bond donors (Lipinski definition) is 1. The average molecular weight is 522 g/mol. The van der Waals surface area contributed by atoms with Gasteiger partial charge in [-0.2, -0.15) is 0 Å². The molecule has 0 saturated carbocycles. The topological polar surface area (TPSA) is 120 Å². The number of nitrogens with zero attached hydrogens (tertiary/aromatic N) is 2. The summed E-state index contributed by atoms with van der Waals surface area (Å²) >= 11 is 6.28. The van der Waals surface area contributed by atoms with Crippen LogP contribution < -0.4 is 14.8 Å². The van der Waals surface area contributed by atoms with Crippen LogP contribution in [0.2, 0.25) is 5.02 Å². The maximum atomic E-state index is 14.3. The van der Waals surface area contributed by atoms with Gasteiger partial charge in [0.25, 0.3) is 15.9 Å². The first-order chi connectivity index (χ1) is 17.2. The summed E-state index contributed by atoms with van der Waals surface area (Å²) in [4.78, 5) is 31.6. The number of halogens is 1. The number of aromatic nitrogens is 1. The van der Waals surface area contributed by atoms with E-state index in [-0.39, 0.29) is 44.6 Å². The first-order valence-electron chi connectivity index (χ1n) is 11.0. The molecule has 4 aromatic rings. The Kier molecular flexibility index (Phi) is 5.69. The second kappa shape index (κ2) is 8.61. The normalized spacial score (nSPS) is 17.3. The highest BCUT2D eigenvalue weighted by Gasteiger charge is 2.61. The fraction of sp³-hybridized carbons (Fsp3) is 0.115. The lowest BCUT2D eigenvalue weighted by Crippen LogP contribution is -2.51. The van der Waals surface area contributed by atoms with Crippen LogP contribution >= 0.6 is 11.6 Å². The number of carbonyl (C=O) groups is 2. The maximum absolute atomic E-state index is 14.3. The molecule has 0 aliphatic carbocycles. The quantitative estimate of drug-likeness (QED) is 0.385. The van der Waals surface area contributed by atoms with Crippen molar-refractivity contribution in [3.8, 4) is 5.75 Å². The maximum Gasteiger partial charge on any atom is 0.273 e. The van der Waals surface area contributed by atoms with Crippen LogP contribution in [0.4, 0.5) is 5.69 Å². The van der Waals surface area contributed by atoms with Crippen LogP contribution in [-0.2, 0) is 25.0 Å². The van der Waals surface area contributed by atoms with Gasteiger partial charge >= 0.3 is 0 Å². The Bertz CT molecular complexity index is 1650. The Morgan fingerprint density at radius 1 is 1.06 bits per heavy atom. The molecule has 0 spiro atoms. The van der Waals surface area contributed by atoms with E-state index in [2.05, 4.69) is 4.98 Å². The molecule has 3 aromatic carbocycles. The summed E-state index contributed by atoms with van der Waals surface area (Å²) in [6, 6.07) is 18.7. The van der Waals surface area contributed by atoms with Crippen LogP contribution in [0.5, 0.6) is 5.75 Å². The number of pyridine rings is 1. The SMILES string of the molecule is CCOc1ccccc1C1(C(N)=O)C(=O)N(S(=O)(=O)c2cccc3cccnc23)c2ccc(Cl)cc21. The molecule has 0 saturated heterocycles. The molecule has 1 aromatic heterocycles. The number of primary amides is 1. The van der Waals surface area contributed by atoms with Crippen LogP contribution in [0.1, 0.15) is 18.1 Å². The molecule has 1 unspecified atom stereocenters. The minimum atomic E-state index is -4.55. The standard InChI is InChI=1S/C26H20ClN3O5S/c1-2-35-21-10-4-3-9-18(21)26(24(28)31)19-15-17(27)12-13-20(19)30(25(26)32)36(33,34)22-11-5-7-16-8-6-14-29-23(16)22/h3-15H,2H2,1H3,(H2,28,31). The molecular weight excluding hydrogens is 502 g/mol. The van der Waals surface area contributed by atoms with Gasteiger partial charge in [-0.25, -0.2) is 12.7 Å². The molecule has 0 bridgehead atoms. The second-order valence-corrected chi connectivity index (χ2v) is 10.3. The zero-order chi connectivity index (χ0) is 25.7. The molecule has 1 atom stereocenters. The number of fused-ring (bicyclic) bond motifs is 2. The monoisotopic (exact) mass is 521 g/mol. The van der Waals surface area contributed by atoms with Crippen LogP contribution in [-0.4, -0.2) is 31.8 Å². The number of rotatable bonds is 6. The van der Waals surface area contributed by atoms with Gasteiger partial charge in [0.1, 0.15) is 10.6 Å². The van der Waals surface area contributed by atoms with Gasteiger partial charge in [-0.1, -0.05) is 48.0 Å². The van der Waals surface area contributed by atoms with Crippen molar-refractivity contribution in [2.24, 2.45) is 5.73 Å². The second-order valence-electron chi connectivity index (χ2n) is 8.11.